The van der Waals surface area contributed by atoms with Crippen LogP contribution < -0.4 is 11.1 Å². The largest absolute Gasteiger partial charge is 0.368 e. The molecule has 0 aromatic heterocycles. The SMILES string of the molecule is CC(CCc1ccccc1)(NC1CCCCCC1)C(N)=O. The van der Waals surface area contributed by atoms with Crippen molar-refractivity contribution in [2.24, 2.45) is 5.73 Å². The molecule has 3 nitrogen and oxygen atoms in total. The van der Waals surface area contributed by atoms with Crippen molar-refractivity contribution in [1.82, 2.24) is 5.32 Å². The van der Waals surface area contributed by atoms with Gasteiger partial charge >= 0.3 is 0 Å². The van der Waals surface area contributed by atoms with Crippen LogP contribution >= 0.6 is 0 Å². The number of primary amides is 1. The molecule has 0 bridgehead atoms. The first-order valence-electron chi connectivity index (χ1n) is 8.22. The maximum atomic E-state index is 12.0. The van der Waals surface area contributed by atoms with Gasteiger partial charge in [0, 0.05) is 6.04 Å². The van der Waals surface area contributed by atoms with Crippen molar-refractivity contribution >= 4 is 5.91 Å². The summed E-state index contributed by atoms with van der Waals surface area (Å²) in [5, 5.41) is 3.57. The van der Waals surface area contributed by atoms with E-state index in [0.29, 0.717) is 6.04 Å². The van der Waals surface area contributed by atoms with E-state index in [1.807, 2.05) is 25.1 Å². The molecule has 1 saturated carbocycles. The molecule has 0 spiro atoms. The summed E-state index contributed by atoms with van der Waals surface area (Å²) in [5.41, 5.74) is 6.34. The molecular weight excluding hydrogens is 260 g/mol. The molecule has 21 heavy (non-hydrogen) atoms. The van der Waals surface area contributed by atoms with Crippen LogP contribution in [0.25, 0.3) is 0 Å². The molecule has 1 aromatic carbocycles. The summed E-state index contributed by atoms with van der Waals surface area (Å²) < 4.78 is 0. The van der Waals surface area contributed by atoms with Gasteiger partial charge in [-0.2, -0.15) is 0 Å². The van der Waals surface area contributed by atoms with Gasteiger partial charge < -0.3 is 11.1 Å². The molecule has 3 heteroatoms. The average molecular weight is 288 g/mol. The van der Waals surface area contributed by atoms with Crippen molar-refractivity contribution < 1.29 is 4.79 Å². The lowest BCUT2D eigenvalue weighted by atomic mass is 9.90. The number of carbonyl (C=O) groups excluding carboxylic acids is 1. The van der Waals surface area contributed by atoms with E-state index in [-0.39, 0.29) is 5.91 Å². The van der Waals surface area contributed by atoms with Crippen LogP contribution in [0.15, 0.2) is 30.3 Å². The Labute approximate surface area is 128 Å². The summed E-state index contributed by atoms with van der Waals surface area (Å²) in [6, 6.07) is 10.7. The highest BCUT2D eigenvalue weighted by Gasteiger charge is 2.33. The van der Waals surface area contributed by atoms with Gasteiger partial charge in [-0.25, -0.2) is 0 Å². The number of amides is 1. The number of hydrogen-bond donors (Lipinski definition) is 2. The number of nitrogens with one attached hydrogen (secondary N) is 1. The zero-order valence-corrected chi connectivity index (χ0v) is 13.1. The summed E-state index contributed by atoms with van der Waals surface area (Å²) in [5.74, 6) is -0.234. The molecule has 0 heterocycles. The zero-order chi connectivity index (χ0) is 15.1. The van der Waals surface area contributed by atoms with Crippen molar-refractivity contribution in [2.75, 3.05) is 0 Å². The number of nitrogens with two attached hydrogens (primary N) is 1. The third kappa shape index (κ3) is 4.85. The highest BCUT2D eigenvalue weighted by molar-refractivity contribution is 5.84. The van der Waals surface area contributed by atoms with Gasteiger partial charge in [0.2, 0.25) is 5.91 Å². The van der Waals surface area contributed by atoms with Crippen LogP contribution in [0.1, 0.15) is 57.4 Å². The Hall–Kier alpha value is -1.35. The molecule has 116 valence electrons. The molecule has 1 fully saturated rings. The first kappa shape index (κ1) is 16.0. The topological polar surface area (TPSA) is 55.1 Å². The normalized spacial score (nSPS) is 19.7. The molecule has 3 N–H and O–H groups in total. The molecule has 1 atom stereocenters. The van der Waals surface area contributed by atoms with Crippen molar-refractivity contribution in [1.29, 1.82) is 0 Å². The Kier molecular flexibility index (Phi) is 5.80. The number of hydrogen-bond acceptors (Lipinski definition) is 2. The van der Waals surface area contributed by atoms with Gasteiger partial charge in [0.05, 0.1) is 5.54 Å². The fourth-order valence-corrected chi connectivity index (χ4v) is 3.18. The van der Waals surface area contributed by atoms with Crippen molar-refractivity contribution in [2.45, 2.75) is 69.9 Å². The highest BCUT2D eigenvalue weighted by atomic mass is 16.1. The van der Waals surface area contributed by atoms with Gasteiger partial charge in [-0.05, 0) is 38.2 Å². The van der Waals surface area contributed by atoms with Gasteiger partial charge in [0.1, 0.15) is 0 Å². The van der Waals surface area contributed by atoms with Crippen LogP contribution in [-0.4, -0.2) is 17.5 Å². The lowest BCUT2D eigenvalue weighted by Gasteiger charge is -2.32. The van der Waals surface area contributed by atoms with E-state index in [0.717, 1.165) is 25.7 Å². The smallest absolute Gasteiger partial charge is 0.237 e. The van der Waals surface area contributed by atoms with E-state index in [1.165, 1.54) is 31.2 Å². The fraction of sp³-hybridized carbons (Fsp3) is 0.611. The van der Waals surface area contributed by atoms with Crippen LogP contribution in [0.4, 0.5) is 0 Å². The minimum Gasteiger partial charge on any atom is -0.368 e. The zero-order valence-electron chi connectivity index (χ0n) is 13.1. The third-order valence-corrected chi connectivity index (χ3v) is 4.68. The summed E-state index contributed by atoms with van der Waals surface area (Å²) in [7, 11) is 0. The molecule has 0 radical (unpaired) electrons. The lowest BCUT2D eigenvalue weighted by Crippen LogP contribution is -2.56. The predicted molar refractivity (Wildman–Crippen MR) is 87.0 cm³/mol. The number of aryl methyl sites for hydroxylation is 1. The van der Waals surface area contributed by atoms with Gasteiger partial charge in [-0.15, -0.1) is 0 Å². The van der Waals surface area contributed by atoms with Crippen LogP contribution in [0, 0.1) is 0 Å². The second-order valence-electron chi connectivity index (χ2n) is 6.51. The van der Waals surface area contributed by atoms with E-state index < -0.39 is 5.54 Å². The standard InChI is InChI=1S/C18H28N2O/c1-18(17(19)21,14-13-15-9-5-4-6-10-15)20-16-11-7-2-3-8-12-16/h4-6,9-10,16,20H,2-3,7-8,11-14H2,1H3,(H2,19,21). The maximum absolute atomic E-state index is 12.0. The minimum atomic E-state index is -0.606. The number of carbonyl (C=O) groups is 1. The number of rotatable bonds is 6. The predicted octanol–water partition coefficient (Wildman–Crippen LogP) is 3.18. The average Bonchev–Trinajstić information content (AvgIpc) is 2.75. The molecular formula is C18H28N2O. The van der Waals surface area contributed by atoms with Crippen molar-refractivity contribution in [3.63, 3.8) is 0 Å². The molecule has 1 aromatic rings. The van der Waals surface area contributed by atoms with Crippen LogP contribution in [-0.2, 0) is 11.2 Å². The molecule has 1 aliphatic carbocycles. The first-order chi connectivity index (χ1) is 10.1. The monoisotopic (exact) mass is 288 g/mol. The van der Waals surface area contributed by atoms with E-state index in [4.69, 9.17) is 5.73 Å². The van der Waals surface area contributed by atoms with Gasteiger partial charge in [0.25, 0.3) is 0 Å². The Morgan fingerprint density at radius 1 is 1.19 bits per heavy atom. The molecule has 0 saturated heterocycles. The molecule has 1 aliphatic rings. The highest BCUT2D eigenvalue weighted by Crippen LogP contribution is 2.22. The second-order valence-corrected chi connectivity index (χ2v) is 6.51. The van der Waals surface area contributed by atoms with E-state index in [1.54, 1.807) is 0 Å². The maximum Gasteiger partial charge on any atom is 0.237 e. The molecule has 1 unspecified atom stereocenters. The summed E-state index contributed by atoms with van der Waals surface area (Å²) >= 11 is 0. The van der Waals surface area contributed by atoms with E-state index >= 15 is 0 Å². The lowest BCUT2D eigenvalue weighted by molar-refractivity contribution is -0.124. The van der Waals surface area contributed by atoms with E-state index in [9.17, 15) is 4.79 Å². The van der Waals surface area contributed by atoms with Crippen molar-refractivity contribution in [3.05, 3.63) is 35.9 Å². The second kappa shape index (κ2) is 7.60. The fourth-order valence-electron chi connectivity index (χ4n) is 3.18. The molecule has 0 aliphatic heterocycles. The van der Waals surface area contributed by atoms with Crippen LogP contribution in [0.2, 0.25) is 0 Å². The van der Waals surface area contributed by atoms with Gasteiger partial charge in [-0.1, -0.05) is 56.0 Å². The summed E-state index contributed by atoms with van der Waals surface area (Å²) in [6.07, 6.45) is 9.09. The van der Waals surface area contributed by atoms with Crippen LogP contribution in [0.3, 0.4) is 0 Å². The quantitative estimate of drug-likeness (QED) is 0.790. The Bertz CT molecular complexity index is 438. The molecule has 1 amide bonds. The summed E-state index contributed by atoms with van der Waals surface area (Å²) in [6.45, 7) is 1.96. The Morgan fingerprint density at radius 3 is 2.38 bits per heavy atom. The Morgan fingerprint density at radius 2 is 1.81 bits per heavy atom. The number of benzene rings is 1. The third-order valence-electron chi connectivity index (χ3n) is 4.68. The first-order valence-corrected chi connectivity index (χ1v) is 8.22. The minimum absolute atomic E-state index is 0.234. The van der Waals surface area contributed by atoms with E-state index in [2.05, 4.69) is 17.4 Å². The van der Waals surface area contributed by atoms with Crippen LogP contribution in [0.5, 0.6) is 0 Å². The van der Waals surface area contributed by atoms with Gasteiger partial charge in [0.15, 0.2) is 0 Å². The summed E-state index contributed by atoms with van der Waals surface area (Å²) in [4.78, 5) is 12.0. The van der Waals surface area contributed by atoms with Crippen molar-refractivity contribution in [3.8, 4) is 0 Å². The molecule has 2 rings (SSSR count). The Balaban J connectivity index is 1.96. The van der Waals surface area contributed by atoms with Gasteiger partial charge in [-0.3, -0.25) is 4.79 Å².